The van der Waals surface area contributed by atoms with Crippen LogP contribution in [0.3, 0.4) is 0 Å². The van der Waals surface area contributed by atoms with Crippen molar-refractivity contribution in [3.63, 3.8) is 0 Å². The summed E-state index contributed by atoms with van der Waals surface area (Å²) in [6, 6.07) is 8.01. The average Bonchev–Trinajstić information content (AvgIpc) is 2.64. The molecule has 0 heterocycles. The fourth-order valence-electron chi connectivity index (χ4n) is 2.23. The molecule has 0 fully saturated rings. The van der Waals surface area contributed by atoms with Crippen molar-refractivity contribution in [3.05, 3.63) is 70.8 Å². The SMILES string of the molecule is CCCC/C(F)=C(/F)c1ccc(C#Cc2ccc(OC(F)(F)F)cc2)c(F)c1. The van der Waals surface area contributed by atoms with Gasteiger partial charge in [0.15, 0.2) is 5.83 Å². The van der Waals surface area contributed by atoms with Gasteiger partial charge in [-0.25, -0.2) is 13.2 Å². The largest absolute Gasteiger partial charge is 0.573 e. The van der Waals surface area contributed by atoms with E-state index in [-0.39, 0.29) is 17.5 Å². The van der Waals surface area contributed by atoms with Crippen molar-refractivity contribution >= 4 is 5.83 Å². The van der Waals surface area contributed by atoms with E-state index in [4.69, 9.17) is 0 Å². The molecule has 0 aliphatic heterocycles. The minimum Gasteiger partial charge on any atom is -0.406 e. The lowest BCUT2D eigenvalue weighted by atomic mass is 10.1. The van der Waals surface area contributed by atoms with Crippen LogP contribution < -0.4 is 4.74 Å². The summed E-state index contributed by atoms with van der Waals surface area (Å²) in [6.45, 7) is 1.84. The van der Waals surface area contributed by atoms with Crippen LogP contribution in [0.1, 0.15) is 42.9 Å². The maximum atomic E-state index is 14.1. The molecule has 0 atom stereocenters. The Morgan fingerprint density at radius 3 is 2.25 bits per heavy atom. The van der Waals surface area contributed by atoms with Crippen LogP contribution >= 0.6 is 0 Å². The highest BCUT2D eigenvalue weighted by Gasteiger charge is 2.30. The Bertz CT molecular complexity index is 901. The molecule has 0 unspecified atom stereocenters. The van der Waals surface area contributed by atoms with Gasteiger partial charge >= 0.3 is 6.36 Å². The fraction of sp³-hybridized carbons (Fsp3) is 0.238. The van der Waals surface area contributed by atoms with Gasteiger partial charge in [0.2, 0.25) is 0 Å². The monoisotopic (exact) mass is 398 g/mol. The number of benzene rings is 2. The molecule has 0 saturated heterocycles. The number of allylic oxidation sites excluding steroid dienone is 1. The van der Waals surface area contributed by atoms with Crippen LogP contribution in [-0.2, 0) is 0 Å². The number of hydrogen-bond donors (Lipinski definition) is 0. The molecule has 2 rings (SSSR count). The highest BCUT2D eigenvalue weighted by Crippen LogP contribution is 2.26. The summed E-state index contributed by atoms with van der Waals surface area (Å²) in [5, 5.41) is 0. The van der Waals surface area contributed by atoms with E-state index in [9.17, 15) is 26.3 Å². The van der Waals surface area contributed by atoms with Crippen LogP contribution in [0.5, 0.6) is 5.75 Å². The van der Waals surface area contributed by atoms with Crippen LogP contribution in [0, 0.1) is 17.7 Å². The van der Waals surface area contributed by atoms with Crippen LogP contribution in [0.25, 0.3) is 5.83 Å². The number of halogens is 6. The normalized spacial score (nSPS) is 12.1. The van der Waals surface area contributed by atoms with Gasteiger partial charge in [0.05, 0.1) is 5.56 Å². The molecular formula is C21H16F6O. The van der Waals surface area contributed by atoms with E-state index < -0.39 is 29.6 Å². The summed E-state index contributed by atoms with van der Waals surface area (Å²) < 4.78 is 81.9. The predicted octanol–water partition coefficient (Wildman–Crippen LogP) is 6.92. The molecule has 0 saturated carbocycles. The van der Waals surface area contributed by atoms with Crippen LogP contribution in [0.4, 0.5) is 26.3 Å². The van der Waals surface area contributed by atoms with Gasteiger partial charge < -0.3 is 4.74 Å². The van der Waals surface area contributed by atoms with Gasteiger partial charge in [0.25, 0.3) is 0 Å². The average molecular weight is 398 g/mol. The van der Waals surface area contributed by atoms with Gasteiger partial charge in [-0.2, -0.15) is 0 Å². The Labute approximate surface area is 158 Å². The fourth-order valence-corrected chi connectivity index (χ4v) is 2.23. The first kappa shape index (κ1) is 21.4. The molecule has 1 nitrogen and oxygen atoms in total. The maximum absolute atomic E-state index is 14.1. The second-order valence-corrected chi connectivity index (χ2v) is 5.84. The topological polar surface area (TPSA) is 9.23 Å². The number of rotatable bonds is 5. The lowest BCUT2D eigenvalue weighted by Gasteiger charge is -2.08. The van der Waals surface area contributed by atoms with Gasteiger partial charge in [-0.05, 0) is 42.8 Å². The summed E-state index contributed by atoms with van der Waals surface area (Å²) in [5.74, 6) is 1.82. The highest BCUT2D eigenvalue weighted by atomic mass is 19.4. The van der Waals surface area contributed by atoms with Crippen molar-refractivity contribution < 1.29 is 31.1 Å². The van der Waals surface area contributed by atoms with E-state index in [1.54, 1.807) is 0 Å². The van der Waals surface area contributed by atoms with E-state index in [1.165, 1.54) is 24.3 Å². The first-order valence-electron chi connectivity index (χ1n) is 8.41. The lowest BCUT2D eigenvalue weighted by Crippen LogP contribution is -2.16. The summed E-state index contributed by atoms with van der Waals surface area (Å²) in [5.41, 5.74) is 0.0566. The van der Waals surface area contributed by atoms with Crippen molar-refractivity contribution in [2.75, 3.05) is 0 Å². The lowest BCUT2D eigenvalue weighted by molar-refractivity contribution is -0.274. The summed E-state index contributed by atoms with van der Waals surface area (Å²) >= 11 is 0. The molecule has 0 bridgehead atoms. The third-order valence-corrected chi connectivity index (χ3v) is 3.64. The van der Waals surface area contributed by atoms with E-state index in [1.807, 2.05) is 6.92 Å². The molecule has 0 N–H and O–H groups in total. The second kappa shape index (κ2) is 9.36. The standard InChI is InChI=1S/C21H16F6O/c1-2-3-4-18(22)20(24)16-10-9-15(19(23)13-16)8-5-14-6-11-17(12-7-14)28-21(25,26)27/h6-7,9-13H,2-4H2,1H3/b20-18-. The van der Waals surface area contributed by atoms with E-state index in [0.29, 0.717) is 18.4 Å². The Hall–Kier alpha value is -2.88. The zero-order chi connectivity index (χ0) is 20.7. The summed E-state index contributed by atoms with van der Waals surface area (Å²) in [7, 11) is 0. The molecule has 0 aromatic heterocycles. The van der Waals surface area contributed by atoms with Crippen molar-refractivity contribution in [1.29, 1.82) is 0 Å². The molecular weight excluding hydrogens is 382 g/mol. The minimum atomic E-state index is -4.79. The molecule has 2 aromatic carbocycles. The third kappa shape index (κ3) is 6.38. The predicted molar refractivity (Wildman–Crippen MR) is 94.2 cm³/mol. The van der Waals surface area contributed by atoms with Gasteiger partial charge in [-0.3, -0.25) is 0 Å². The molecule has 0 amide bonds. The minimum absolute atomic E-state index is 0.0545. The van der Waals surface area contributed by atoms with Crippen molar-refractivity contribution in [1.82, 2.24) is 0 Å². The first-order chi connectivity index (χ1) is 13.2. The van der Waals surface area contributed by atoms with Crippen molar-refractivity contribution in [2.24, 2.45) is 0 Å². The quantitative estimate of drug-likeness (QED) is 0.392. The zero-order valence-electron chi connectivity index (χ0n) is 14.8. The highest BCUT2D eigenvalue weighted by molar-refractivity contribution is 5.62. The van der Waals surface area contributed by atoms with Crippen LogP contribution in [0.2, 0.25) is 0 Å². The Morgan fingerprint density at radius 2 is 1.68 bits per heavy atom. The van der Waals surface area contributed by atoms with E-state index >= 15 is 0 Å². The van der Waals surface area contributed by atoms with Crippen LogP contribution in [-0.4, -0.2) is 6.36 Å². The van der Waals surface area contributed by atoms with Gasteiger partial charge in [-0.15, -0.1) is 13.2 Å². The van der Waals surface area contributed by atoms with Crippen molar-refractivity contribution in [3.8, 4) is 17.6 Å². The smallest absolute Gasteiger partial charge is 0.406 e. The number of hydrogen-bond acceptors (Lipinski definition) is 1. The molecule has 7 heteroatoms. The molecule has 0 aliphatic rings. The Balaban J connectivity index is 2.16. The Morgan fingerprint density at radius 1 is 1.00 bits per heavy atom. The molecule has 0 radical (unpaired) electrons. The molecule has 0 aliphatic carbocycles. The Kier molecular flexibility index (Phi) is 7.16. The van der Waals surface area contributed by atoms with E-state index in [0.717, 1.165) is 18.2 Å². The number of ether oxygens (including phenoxy) is 1. The van der Waals surface area contributed by atoms with Gasteiger partial charge in [0, 0.05) is 17.5 Å². The maximum Gasteiger partial charge on any atom is 0.573 e. The molecule has 28 heavy (non-hydrogen) atoms. The first-order valence-corrected chi connectivity index (χ1v) is 8.41. The molecule has 148 valence electrons. The third-order valence-electron chi connectivity index (χ3n) is 3.64. The number of unbranched alkanes of at least 4 members (excludes halogenated alkanes) is 1. The van der Waals surface area contributed by atoms with Crippen LogP contribution in [0.15, 0.2) is 48.3 Å². The molecule has 2 aromatic rings. The number of alkyl halides is 3. The zero-order valence-corrected chi connectivity index (χ0v) is 14.8. The van der Waals surface area contributed by atoms with E-state index in [2.05, 4.69) is 16.6 Å². The van der Waals surface area contributed by atoms with Gasteiger partial charge in [-0.1, -0.05) is 31.3 Å². The van der Waals surface area contributed by atoms with Gasteiger partial charge in [0.1, 0.15) is 17.4 Å². The molecule has 0 spiro atoms. The second-order valence-electron chi connectivity index (χ2n) is 5.84. The summed E-state index contributed by atoms with van der Waals surface area (Å²) in [4.78, 5) is 0. The summed E-state index contributed by atoms with van der Waals surface area (Å²) in [6.07, 6.45) is -3.66. The van der Waals surface area contributed by atoms with Crippen molar-refractivity contribution in [2.45, 2.75) is 32.5 Å².